The highest BCUT2D eigenvalue weighted by atomic mass is 19.1. The van der Waals surface area contributed by atoms with Crippen molar-refractivity contribution in [2.24, 2.45) is 0 Å². The number of nitrogens with one attached hydrogen (secondary N) is 1. The number of hydrogen-bond acceptors (Lipinski definition) is 3. The Bertz CT molecular complexity index is 846. The summed E-state index contributed by atoms with van der Waals surface area (Å²) in [7, 11) is 0. The second-order valence-electron chi connectivity index (χ2n) is 5.19. The molecule has 0 aliphatic carbocycles. The lowest BCUT2D eigenvalue weighted by Gasteiger charge is -2.10. The van der Waals surface area contributed by atoms with Gasteiger partial charge in [0.2, 0.25) is 0 Å². The number of carbonyl (C=O) groups excluding carboxylic acids is 1. The summed E-state index contributed by atoms with van der Waals surface area (Å²) in [6, 6.07) is 17.2. The minimum absolute atomic E-state index is 0.0420. The van der Waals surface area contributed by atoms with Gasteiger partial charge in [-0.25, -0.2) is 9.07 Å². The van der Waals surface area contributed by atoms with Crippen LogP contribution in [0.2, 0.25) is 0 Å². The maximum absolute atomic E-state index is 13.5. The summed E-state index contributed by atoms with van der Waals surface area (Å²) >= 11 is 0. The van der Waals surface area contributed by atoms with E-state index in [1.165, 1.54) is 12.1 Å². The number of amides is 1. The number of para-hydroxylation sites is 2. The van der Waals surface area contributed by atoms with Crippen molar-refractivity contribution in [3.05, 3.63) is 72.2 Å². The van der Waals surface area contributed by atoms with Gasteiger partial charge < -0.3 is 10.1 Å². The Kier molecular flexibility index (Phi) is 4.56. The molecule has 1 aromatic heterocycles. The topological polar surface area (TPSA) is 56.1 Å². The third kappa shape index (κ3) is 3.60. The molecule has 0 atom stereocenters. The predicted molar refractivity (Wildman–Crippen MR) is 88.8 cm³/mol. The van der Waals surface area contributed by atoms with E-state index in [-0.39, 0.29) is 12.4 Å². The molecule has 0 fully saturated rings. The Morgan fingerprint density at radius 1 is 1.17 bits per heavy atom. The molecule has 0 saturated heterocycles. The van der Waals surface area contributed by atoms with Crippen LogP contribution in [-0.2, 0) is 4.79 Å². The van der Waals surface area contributed by atoms with Crippen LogP contribution >= 0.6 is 0 Å². The zero-order valence-corrected chi connectivity index (χ0v) is 13.1. The minimum atomic E-state index is -0.504. The molecule has 0 aliphatic rings. The van der Waals surface area contributed by atoms with E-state index in [2.05, 4.69) is 10.4 Å². The van der Waals surface area contributed by atoms with E-state index in [1.54, 1.807) is 22.9 Å². The van der Waals surface area contributed by atoms with Gasteiger partial charge in [-0.05, 0) is 31.2 Å². The molecule has 1 amide bonds. The molecule has 6 heteroatoms. The fraction of sp³-hybridized carbons (Fsp3) is 0.111. The second kappa shape index (κ2) is 6.95. The van der Waals surface area contributed by atoms with E-state index >= 15 is 0 Å². The summed E-state index contributed by atoms with van der Waals surface area (Å²) in [4.78, 5) is 12.1. The molecular formula is C18H16FN3O2. The van der Waals surface area contributed by atoms with Gasteiger partial charge in [-0.2, -0.15) is 5.10 Å². The first-order valence-corrected chi connectivity index (χ1v) is 7.43. The standard InChI is InChI=1S/C18H16FN3O2/c1-13-11-17(22(21-13)14-7-3-2-4-8-14)20-18(23)12-24-16-10-6-5-9-15(16)19/h2-11H,12H2,1H3,(H,20,23). The second-order valence-corrected chi connectivity index (χ2v) is 5.19. The number of nitrogens with zero attached hydrogens (tertiary/aromatic N) is 2. The number of aryl methyl sites for hydroxylation is 1. The smallest absolute Gasteiger partial charge is 0.263 e. The van der Waals surface area contributed by atoms with Gasteiger partial charge in [0, 0.05) is 6.07 Å². The van der Waals surface area contributed by atoms with Crippen molar-refractivity contribution in [1.29, 1.82) is 0 Å². The van der Waals surface area contributed by atoms with Gasteiger partial charge in [-0.15, -0.1) is 0 Å². The molecule has 1 N–H and O–H groups in total. The van der Waals surface area contributed by atoms with Gasteiger partial charge in [0.15, 0.2) is 18.2 Å². The van der Waals surface area contributed by atoms with Gasteiger partial charge in [0.1, 0.15) is 5.82 Å². The third-order valence-corrected chi connectivity index (χ3v) is 3.30. The molecular weight excluding hydrogens is 309 g/mol. The first-order chi connectivity index (χ1) is 11.6. The summed E-state index contributed by atoms with van der Waals surface area (Å²) < 4.78 is 20.3. The molecule has 0 radical (unpaired) electrons. The Hall–Kier alpha value is -3.15. The summed E-state index contributed by atoms with van der Waals surface area (Å²) in [6.07, 6.45) is 0. The zero-order valence-electron chi connectivity index (χ0n) is 13.1. The maximum Gasteiger partial charge on any atom is 0.263 e. The van der Waals surface area contributed by atoms with Crippen molar-refractivity contribution < 1.29 is 13.9 Å². The molecule has 122 valence electrons. The van der Waals surface area contributed by atoms with Crippen molar-refractivity contribution in [2.45, 2.75) is 6.92 Å². The van der Waals surface area contributed by atoms with Crippen LogP contribution in [0.5, 0.6) is 5.75 Å². The van der Waals surface area contributed by atoms with Gasteiger partial charge >= 0.3 is 0 Å². The fourth-order valence-electron chi connectivity index (χ4n) is 2.24. The van der Waals surface area contributed by atoms with E-state index in [0.29, 0.717) is 5.82 Å². The SMILES string of the molecule is Cc1cc(NC(=O)COc2ccccc2F)n(-c2ccccc2)n1. The molecule has 2 aromatic carbocycles. The van der Waals surface area contributed by atoms with Crippen molar-refractivity contribution in [1.82, 2.24) is 9.78 Å². The lowest BCUT2D eigenvalue weighted by molar-refractivity contribution is -0.118. The Morgan fingerprint density at radius 3 is 2.62 bits per heavy atom. The number of rotatable bonds is 5. The van der Waals surface area contributed by atoms with Crippen LogP contribution < -0.4 is 10.1 Å². The van der Waals surface area contributed by atoms with Crippen LogP contribution in [0, 0.1) is 12.7 Å². The highest BCUT2D eigenvalue weighted by Crippen LogP contribution is 2.18. The number of anilines is 1. The van der Waals surface area contributed by atoms with Crippen LogP contribution in [0.1, 0.15) is 5.69 Å². The Balaban J connectivity index is 1.70. The number of hydrogen-bond donors (Lipinski definition) is 1. The monoisotopic (exact) mass is 325 g/mol. The highest BCUT2D eigenvalue weighted by molar-refractivity contribution is 5.91. The molecule has 0 saturated carbocycles. The predicted octanol–water partition coefficient (Wildman–Crippen LogP) is 3.34. The highest BCUT2D eigenvalue weighted by Gasteiger charge is 2.12. The number of carbonyl (C=O) groups is 1. The third-order valence-electron chi connectivity index (χ3n) is 3.30. The number of ether oxygens (including phenoxy) is 1. The van der Waals surface area contributed by atoms with Gasteiger partial charge in [-0.1, -0.05) is 30.3 Å². The minimum Gasteiger partial charge on any atom is -0.481 e. The molecule has 1 heterocycles. The van der Waals surface area contributed by atoms with Crippen molar-refractivity contribution in [3.8, 4) is 11.4 Å². The fourth-order valence-corrected chi connectivity index (χ4v) is 2.24. The lowest BCUT2D eigenvalue weighted by Crippen LogP contribution is -2.22. The van der Waals surface area contributed by atoms with E-state index in [9.17, 15) is 9.18 Å². The van der Waals surface area contributed by atoms with E-state index in [0.717, 1.165) is 11.4 Å². The average Bonchev–Trinajstić information content (AvgIpc) is 2.95. The Morgan fingerprint density at radius 2 is 1.88 bits per heavy atom. The van der Waals surface area contributed by atoms with Crippen molar-refractivity contribution >= 4 is 11.7 Å². The van der Waals surface area contributed by atoms with Crippen molar-refractivity contribution in [2.75, 3.05) is 11.9 Å². The quantitative estimate of drug-likeness (QED) is 0.783. The van der Waals surface area contributed by atoms with Gasteiger partial charge in [0.05, 0.1) is 11.4 Å². The van der Waals surface area contributed by atoms with E-state index in [1.807, 2.05) is 37.3 Å². The molecule has 3 aromatic rings. The molecule has 24 heavy (non-hydrogen) atoms. The molecule has 0 spiro atoms. The first-order valence-electron chi connectivity index (χ1n) is 7.43. The maximum atomic E-state index is 13.5. The molecule has 5 nitrogen and oxygen atoms in total. The summed E-state index contributed by atoms with van der Waals surface area (Å²) in [5.41, 5.74) is 1.60. The van der Waals surface area contributed by atoms with E-state index in [4.69, 9.17) is 4.74 Å². The van der Waals surface area contributed by atoms with Gasteiger partial charge in [0.25, 0.3) is 5.91 Å². The normalized spacial score (nSPS) is 10.4. The first kappa shape index (κ1) is 15.7. The van der Waals surface area contributed by atoms with Crippen LogP contribution in [0.3, 0.4) is 0 Å². The average molecular weight is 325 g/mol. The van der Waals surface area contributed by atoms with Crippen LogP contribution in [0.15, 0.2) is 60.7 Å². The molecule has 3 rings (SSSR count). The number of halogens is 1. The molecule has 0 unspecified atom stereocenters. The lowest BCUT2D eigenvalue weighted by atomic mass is 10.3. The number of benzene rings is 2. The summed E-state index contributed by atoms with van der Waals surface area (Å²) in [5.74, 6) is -0.327. The van der Waals surface area contributed by atoms with Crippen molar-refractivity contribution in [3.63, 3.8) is 0 Å². The van der Waals surface area contributed by atoms with Crippen LogP contribution in [-0.4, -0.2) is 22.3 Å². The molecule has 0 bridgehead atoms. The van der Waals surface area contributed by atoms with Crippen LogP contribution in [0.25, 0.3) is 5.69 Å². The molecule has 0 aliphatic heterocycles. The van der Waals surface area contributed by atoms with E-state index < -0.39 is 11.7 Å². The van der Waals surface area contributed by atoms with Crippen LogP contribution in [0.4, 0.5) is 10.2 Å². The summed E-state index contributed by atoms with van der Waals surface area (Å²) in [5, 5.41) is 7.10. The zero-order chi connectivity index (χ0) is 16.9. The van der Waals surface area contributed by atoms with Gasteiger partial charge in [-0.3, -0.25) is 4.79 Å². The Labute approximate surface area is 138 Å². The largest absolute Gasteiger partial charge is 0.481 e. The summed E-state index contributed by atoms with van der Waals surface area (Å²) in [6.45, 7) is 1.55. The number of aromatic nitrogens is 2.